The Balaban J connectivity index is 1.98. The van der Waals surface area contributed by atoms with E-state index in [1.165, 1.54) is 11.1 Å². The summed E-state index contributed by atoms with van der Waals surface area (Å²) in [6.45, 7) is 2.07. The van der Waals surface area contributed by atoms with Crippen LogP contribution in [0.25, 0.3) is 0 Å². The number of rotatable bonds is 4. The van der Waals surface area contributed by atoms with Crippen LogP contribution in [0.2, 0.25) is 0 Å². The number of carbonyl (C=O) groups is 1. The van der Waals surface area contributed by atoms with Gasteiger partial charge in [-0.05, 0) is 52.5 Å². The molecular weight excluding hydrogens is 316 g/mol. The van der Waals surface area contributed by atoms with E-state index in [0.717, 1.165) is 10.9 Å². The van der Waals surface area contributed by atoms with Crippen LogP contribution < -0.4 is 4.90 Å². The molecule has 2 aromatic rings. The van der Waals surface area contributed by atoms with Gasteiger partial charge in [-0.3, -0.25) is 9.69 Å². The second-order valence-electron chi connectivity index (χ2n) is 4.71. The largest absolute Gasteiger partial charge is 0.300 e. The molecule has 0 atom stereocenters. The SMILES string of the molecule is Cc1ccccc1CCC(=O)N(C)c1ccc(Br)cn1. The molecule has 104 valence electrons. The molecule has 0 spiro atoms. The summed E-state index contributed by atoms with van der Waals surface area (Å²) in [6, 6.07) is 11.9. The topological polar surface area (TPSA) is 33.2 Å². The van der Waals surface area contributed by atoms with Gasteiger partial charge in [0, 0.05) is 24.1 Å². The fourth-order valence-corrected chi connectivity index (χ4v) is 2.23. The van der Waals surface area contributed by atoms with Crippen LogP contribution in [0.1, 0.15) is 17.5 Å². The predicted molar refractivity (Wildman–Crippen MR) is 84.8 cm³/mol. The molecule has 1 heterocycles. The Morgan fingerprint density at radius 3 is 2.65 bits per heavy atom. The van der Waals surface area contributed by atoms with Gasteiger partial charge in [-0.25, -0.2) is 4.98 Å². The van der Waals surface area contributed by atoms with Crippen molar-refractivity contribution in [1.29, 1.82) is 0 Å². The summed E-state index contributed by atoms with van der Waals surface area (Å²) in [4.78, 5) is 18.0. The number of hydrogen-bond donors (Lipinski definition) is 0. The first-order valence-corrected chi connectivity index (χ1v) is 7.30. The fourth-order valence-electron chi connectivity index (χ4n) is 1.99. The lowest BCUT2D eigenvalue weighted by atomic mass is 10.0. The second kappa shape index (κ2) is 6.66. The van der Waals surface area contributed by atoms with Gasteiger partial charge in [0.1, 0.15) is 5.82 Å². The van der Waals surface area contributed by atoms with E-state index in [1.54, 1.807) is 18.1 Å². The van der Waals surface area contributed by atoms with Crippen LogP contribution in [0, 0.1) is 6.92 Å². The average Bonchev–Trinajstić information content (AvgIpc) is 2.46. The molecular formula is C16H17BrN2O. The summed E-state index contributed by atoms with van der Waals surface area (Å²) >= 11 is 3.33. The van der Waals surface area contributed by atoms with Gasteiger partial charge in [0.05, 0.1) is 0 Å². The molecule has 0 aliphatic heterocycles. The van der Waals surface area contributed by atoms with Crippen molar-refractivity contribution in [3.8, 4) is 0 Å². The van der Waals surface area contributed by atoms with Crippen LogP contribution in [0.5, 0.6) is 0 Å². The smallest absolute Gasteiger partial charge is 0.228 e. The minimum absolute atomic E-state index is 0.0723. The van der Waals surface area contributed by atoms with E-state index >= 15 is 0 Å². The second-order valence-corrected chi connectivity index (χ2v) is 5.63. The minimum Gasteiger partial charge on any atom is -0.300 e. The Labute approximate surface area is 127 Å². The summed E-state index contributed by atoms with van der Waals surface area (Å²) in [7, 11) is 1.76. The summed E-state index contributed by atoms with van der Waals surface area (Å²) in [5.74, 6) is 0.742. The molecule has 0 fully saturated rings. The zero-order valence-corrected chi connectivity index (χ0v) is 13.2. The Kier molecular flexibility index (Phi) is 4.90. The molecule has 1 aromatic heterocycles. The number of anilines is 1. The van der Waals surface area contributed by atoms with E-state index in [-0.39, 0.29) is 5.91 Å². The van der Waals surface area contributed by atoms with Crippen molar-refractivity contribution < 1.29 is 4.79 Å². The molecule has 1 amide bonds. The molecule has 3 nitrogen and oxygen atoms in total. The van der Waals surface area contributed by atoms with Crippen molar-refractivity contribution in [3.05, 3.63) is 58.2 Å². The molecule has 0 saturated carbocycles. The highest BCUT2D eigenvalue weighted by atomic mass is 79.9. The minimum atomic E-state index is 0.0723. The number of benzene rings is 1. The van der Waals surface area contributed by atoms with Crippen molar-refractivity contribution in [2.24, 2.45) is 0 Å². The molecule has 20 heavy (non-hydrogen) atoms. The van der Waals surface area contributed by atoms with Crippen molar-refractivity contribution in [2.45, 2.75) is 19.8 Å². The lowest BCUT2D eigenvalue weighted by Crippen LogP contribution is -2.27. The quantitative estimate of drug-likeness (QED) is 0.854. The Hall–Kier alpha value is -1.68. The van der Waals surface area contributed by atoms with E-state index in [2.05, 4.69) is 40.0 Å². The highest BCUT2D eigenvalue weighted by Gasteiger charge is 2.12. The zero-order valence-electron chi connectivity index (χ0n) is 11.6. The van der Waals surface area contributed by atoms with Gasteiger partial charge in [-0.15, -0.1) is 0 Å². The van der Waals surface area contributed by atoms with Crippen molar-refractivity contribution >= 4 is 27.7 Å². The van der Waals surface area contributed by atoms with Gasteiger partial charge in [0.2, 0.25) is 5.91 Å². The number of amides is 1. The summed E-state index contributed by atoms with van der Waals surface area (Å²) < 4.78 is 0.905. The van der Waals surface area contributed by atoms with E-state index in [1.807, 2.05) is 24.3 Å². The number of carbonyl (C=O) groups excluding carboxylic acids is 1. The lowest BCUT2D eigenvalue weighted by molar-refractivity contribution is -0.118. The van der Waals surface area contributed by atoms with E-state index in [0.29, 0.717) is 12.2 Å². The van der Waals surface area contributed by atoms with E-state index in [4.69, 9.17) is 0 Å². The summed E-state index contributed by atoms with van der Waals surface area (Å²) in [5.41, 5.74) is 2.45. The molecule has 1 aromatic carbocycles. The lowest BCUT2D eigenvalue weighted by Gasteiger charge is -2.16. The number of nitrogens with zero attached hydrogens (tertiary/aromatic N) is 2. The fraction of sp³-hybridized carbons (Fsp3) is 0.250. The van der Waals surface area contributed by atoms with Crippen molar-refractivity contribution in [2.75, 3.05) is 11.9 Å². The first kappa shape index (κ1) is 14.7. The molecule has 0 unspecified atom stereocenters. The Bertz CT molecular complexity index is 596. The van der Waals surface area contributed by atoms with Gasteiger partial charge in [0.25, 0.3) is 0 Å². The zero-order chi connectivity index (χ0) is 14.5. The maximum Gasteiger partial charge on any atom is 0.228 e. The summed E-state index contributed by atoms with van der Waals surface area (Å²) in [5, 5.41) is 0. The molecule has 2 rings (SSSR count). The summed E-state index contributed by atoms with van der Waals surface area (Å²) in [6.07, 6.45) is 2.94. The van der Waals surface area contributed by atoms with Gasteiger partial charge in [0.15, 0.2) is 0 Å². The van der Waals surface area contributed by atoms with E-state index < -0.39 is 0 Å². The molecule has 4 heteroatoms. The number of aryl methyl sites for hydroxylation is 2. The molecule has 0 saturated heterocycles. The third-order valence-corrected chi connectivity index (χ3v) is 3.77. The van der Waals surface area contributed by atoms with Crippen LogP contribution in [0.3, 0.4) is 0 Å². The van der Waals surface area contributed by atoms with Crippen molar-refractivity contribution in [1.82, 2.24) is 4.98 Å². The molecule has 0 aliphatic carbocycles. The van der Waals surface area contributed by atoms with Gasteiger partial charge in [-0.1, -0.05) is 24.3 Å². The van der Waals surface area contributed by atoms with Gasteiger partial charge < -0.3 is 0 Å². The van der Waals surface area contributed by atoms with Crippen LogP contribution >= 0.6 is 15.9 Å². The normalized spacial score (nSPS) is 10.3. The highest BCUT2D eigenvalue weighted by Crippen LogP contribution is 2.15. The van der Waals surface area contributed by atoms with Crippen LogP contribution in [-0.2, 0) is 11.2 Å². The first-order chi connectivity index (χ1) is 9.58. The molecule has 0 bridgehead atoms. The molecule has 0 N–H and O–H groups in total. The van der Waals surface area contributed by atoms with Gasteiger partial charge in [-0.2, -0.15) is 0 Å². The predicted octanol–water partition coefficient (Wildman–Crippen LogP) is 3.75. The Morgan fingerprint density at radius 2 is 2.00 bits per heavy atom. The van der Waals surface area contributed by atoms with Gasteiger partial charge >= 0.3 is 0 Å². The van der Waals surface area contributed by atoms with Crippen LogP contribution in [0.15, 0.2) is 47.1 Å². The third-order valence-electron chi connectivity index (χ3n) is 3.30. The Morgan fingerprint density at radius 1 is 1.25 bits per heavy atom. The first-order valence-electron chi connectivity index (χ1n) is 6.50. The van der Waals surface area contributed by atoms with Crippen molar-refractivity contribution in [3.63, 3.8) is 0 Å². The molecule has 0 aliphatic rings. The molecule has 0 radical (unpaired) electrons. The number of hydrogen-bond acceptors (Lipinski definition) is 2. The maximum atomic E-state index is 12.2. The monoisotopic (exact) mass is 332 g/mol. The van der Waals surface area contributed by atoms with Crippen LogP contribution in [-0.4, -0.2) is 17.9 Å². The number of aromatic nitrogens is 1. The van der Waals surface area contributed by atoms with Crippen LogP contribution in [0.4, 0.5) is 5.82 Å². The average molecular weight is 333 g/mol. The third kappa shape index (κ3) is 3.67. The number of halogens is 1. The number of pyridine rings is 1. The highest BCUT2D eigenvalue weighted by molar-refractivity contribution is 9.10. The maximum absolute atomic E-state index is 12.2. The standard InChI is InChI=1S/C16H17BrN2O/c1-12-5-3-4-6-13(12)7-10-16(20)19(2)15-9-8-14(17)11-18-15/h3-6,8-9,11H,7,10H2,1-2H3. The van der Waals surface area contributed by atoms with E-state index in [9.17, 15) is 4.79 Å².